The fraction of sp³-hybridized carbons (Fsp3) is 0.100. The number of carbonyl (C=O) groups excluding carboxylic acids is 1. The van der Waals surface area contributed by atoms with E-state index in [0.29, 0.717) is 44.4 Å². The van der Waals surface area contributed by atoms with Crippen LogP contribution in [0.15, 0.2) is 58.5 Å². The zero-order chi connectivity index (χ0) is 21.4. The van der Waals surface area contributed by atoms with E-state index in [2.05, 4.69) is 20.4 Å². The molecule has 156 valence electrons. The van der Waals surface area contributed by atoms with Crippen LogP contribution in [-0.4, -0.2) is 38.0 Å². The molecule has 2 N–H and O–H groups in total. The highest BCUT2D eigenvalue weighted by molar-refractivity contribution is 7.99. The van der Waals surface area contributed by atoms with Gasteiger partial charge in [0.1, 0.15) is 0 Å². The van der Waals surface area contributed by atoms with Gasteiger partial charge in [-0.2, -0.15) is 0 Å². The molecule has 0 radical (unpaired) electrons. The molecule has 5 rings (SSSR count). The number of anilines is 1. The second-order valence-corrected chi connectivity index (χ2v) is 7.94. The maximum Gasteiger partial charge on any atom is 0.266 e. The van der Waals surface area contributed by atoms with Crippen LogP contribution in [-0.2, 0) is 4.79 Å². The summed E-state index contributed by atoms with van der Waals surface area (Å²) in [5.74, 6) is 1.45. The van der Waals surface area contributed by atoms with Gasteiger partial charge in [-0.15, -0.1) is 0 Å². The van der Waals surface area contributed by atoms with Gasteiger partial charge in [0.05, 0.1) is 5.75 Å². The highest BCUT2D eigenvalue weighted by Crippen LogP contribution is 2.34. The number of benzene rings is 2. The van der Waals surface area contributed by atoms with Gasteiger partial charge in [0.2, 0.25) is 12.7 Å². The molecule has 0 unspecified atom stereocenters. The predicted molar refractivity (Wildman–Crippen MR) is 116 cm³/mol. The van der Waals surface area contributed by atoms with Gasteiger partial charge in [0.15, 0.2) is 28.1 Å². The van der Waals surface area contributed by atoms with Crippen LogP contribution >= 0.6 is 23.4 Å². The molecule has 0 saturated heterocycles. The smallest absolute Gasteiger partial charge is 0.266 e. The summed E-state index contributed by atoms with van der Waals surface area (Å²) in [6, 6.07) is 13.6. The van der Waals surface area contributed by atoms with E-state index in [4.69, 9.17) is 21.1 Å². The summed E-state index contributed by atoms with van der Waals surface area (Å²) in [6.07, 6.45) is 0. The van der Waals surface area contributed by atoms with Gasteiger partial charge in [-0.25, -0.2) is 14.5 Å². The molecule has 0 spiro atoms. The van der Waals surface area contributed by atoms with Crippen LogP contribution in [0.1, 0.15) is 0 Å². The normalized spacial score (nSPS) is 12.3. The Kier molecular flexibility index (Phi) is 5.00. The SMILES string of the molecule is O=C(CSc1nc(-c2cccc(Cl)c2)nc2cc(=O)[nH]n12)Nc1ccc2c(c1)OCO2. The van der Waals surface area contributed by atoms with Crippen molar-refractivity contribution in [2.75, 3.05) is 17.9 Å². The van der Waals surface area contributed by atoms with Crippen LogP contribution in [0.3, 0.4) is 0 Å². The molecule has 0 saturated carbocycles. The predicted octanol–water partition coefficient (Wildman–Crippen LogP) is 3.20. The summed E-state index contributed by atoms with van der Waals surface area (Å²) in [5.41, 5.74) is 1.38. The van der Waals surface area contributed by atoms with Gasteiger partial charge in [0, 0.05) is 28.4 Å². The molecule has 3 heterocycles. The number of amides is 1. The van der Waals surface area contributed by atoms with E-state index >= 15 is 0 Å². The first kappa shape index (κ1) is 19.5. The largest absolute Gasteiger partial charge is 0.454 e. The average molecular weight is 456 g/mol. The van der Waals surface area contributed by atoms with Crippen molar-refractivity contribution in [1.29, 1.82) is 0 Å². The van der Waals surface area contributed by atoms with Crippen LogP contribution in [0.25, 0.3) is 17.0 Å². The number of halogens is 1. The monoisotopic (exact) mass is 455 g/mol. The summed E-state index contributed by atoms with van der Waals surface area (Å²) >= 11 is 7.25. The van der Waals surface area contributed by atoms with E-state index < -0.39 is 0 Å². The number of carbonyl (C=O) groups is 1. The minimum atomic E-state index is -0.316. The first-order valence-corrected chi connectivity index (χ1v) is 10.5. The van der Waals surface area contributed by atoms with Crippen molar-refractivity contribution in [3.8, 4) is 22.9 Å². The van der Waals surface area contributed by atoms with Crippen molar-refractivity contribution in [2.24, 2.45) is 0 Å². The van der Waals surface area contributed by atoms with E-state index in [9.17, 15) is 9.59 Å². The summed E-state index contributed by atoms with van der Waals surface area (Å²) in [6.45, 7) is 0.163. The molecule has 0 atom stereocenters. The molecule has 0 aliphatic carbocycles. The Morgan fingerprint density at radius 3 is 2.90 bits per heavy atom. The van der Waals surface area contributed by atoms with E-state index in [0.717, 1.165) is 0 Å². The Morgan fingerprint density at radius 1 is 1.16 bits per heavy atom. The highest BCUT2D eigenvalue weighted by Gasteiger charge is 2.16. The number of aromatic amines is 1. The second kappa shape index (κ2) is 7.97. The minimum Gasteiger partial charge on any atom is -0.454 e. The Morgan fingerprint density at radius 2 is 2.03 bits per heavy atom. The number of thioether (sulfide) groups is 1. The van der Waals surface area contributed by atoms with Crippen molar-refractivity contribution < 1.29 is 14.3 Å². The number of ether oxygens (including phenoxy) is 2. The van der Waals surface area contributed by atoms with Gasteiger partial charge in [-0.1, -0.05) is 35.5 Å². The average Bonchev–Trinajstić information content (AvgIpc) is 3.37. The molecule has 1 aliphatic rings. The number of H-pyrrole nitrogens is 1. The molecule has 0 fully saturated rings. The number of aromatic nitrogens is 4. The van der Waals surface area contributed by atoms with Crippen molar-refractivity contribution in [2.45, 2.75) is 5.16 Å². The lowest BCUT2D eigenvalue weighted by Crippen LogP contribution is -2.15. The maximum atomic E-state index is 12.5. The first-order chi connectivity index (χ1) is 15.0. The van der Waals surface area contributed by atoms with Gasteiger partial charge in [-0.05, 0) is 24.3 Å². The van der Waals surface area contributed by atoms with Gasteiger partial charge in [0.25, 0.3) is 5.56 Å². The van der Waals surface area contributed by atoms with E-state index in [-0.39, 0.29) is 24.0 Å². The Bertz CT molecular complexity index is 1370. The molecule has 11 heteroatoms. The Hall–Kier alpha value is -3.50. The molecule has 1 amide bonds. The number of rotatable bonds is 5. The van der Waals surface area contributed by atoms with Crippen LogP contribution in [0.4, 0.5) is 5.69 Å². The lowest BCUT2D eigenvalue weighted by atomic mass is 10.2. The topological polar surface area (TPSA) is 111 Å². The van der Waals surface area contributed by atoms with Crippen molar-refractivity contribution >= 4 is 40.6 Å². The van der Waals surface area contributed by atoms with Crippen LogP contribution in [0, 0.1) is 0 Å². The molecular formula is C20H14ClN5O4S. The fourth-order valence-electron chi connectivity index (χ4n) is 3.04. The molecule has 4 aromatic rings. The van der Waals surface area contributed by atoms with Crippen molar-refractivity contribution in [1.82, 2.24) is 19.6 Å². The summed E-state index contributed by atoms with van der Waals surface area (Å²) in [4.78, 5) is 33.3. The molecular weight excluding hydrogens is 442 g/mol. The molecule has 31 heavy (non-hydrogen) atoms. The van der Waals surface area contributed by atoms with Gasteiger partial charge >= 0.3 is 0 Å². The number of fused-ring (bicyclic) bond motifs is 2. The third-order valence-corrected chi connectivity index (χ3v) is 5.57. The zero-order valence-corrected chi connectivity index (χ0v) is 17.4. The fourth-order valence-corrected chi connectivity index (χ4v) is 3.98. The lowest BCUT2D eigenvalue weighted by molar-refractivity contribution is -0.113. The van der Waals surface area contributed by atoms with Crippen molar-refractivity contribution in [3.63, 3.8) is 0 Å². The number of nitrogens with zero attached hydrogens (tertiary/aromatic N) is 3. The van der Waals surface area contributed by atoms with E-state index in [1.54, 1.807) is 36.4 Å². The Balaban J connectivity index is 1.38. The van der Waals surface area contributed by atoms with Gasteiger partial charge < -0.3 is 14.8 Å². The van der Waals surface area contributed by atoms with Crippen LogP contribution in [0.5, 0.6) is 11.5 Å². The molecule has 2 aromatic carbocycles. The van der Waals surface area contributed by atoms with E-state index in [1.807, 2.05) is 6.07 Å². The summed E-state index contributed by atoms with van der Waals surface area (Å²) < 4.78 is 12.0. The summed E-state index contributed by atoms with van der Waals surface area (Å²) in [5, 5.41) is 6.42. The number of hydrogen-bond donors (Lipinski definition) is 2. The van der Waals surface area contributed by atoms with E-state index in [1.165, 1.54) is 22.3 Å². The number of nitrogens with one attached hydrogen (secondary N) is 2. The standard InChI is InChI=1S/C20H14ClN5O4S/c21-12-3-1-2-11(6-12)19-23-16-8-17(27)25-26(16)20(24-19)31-9-18(28)22-13-4-5-14-15(7-13)30-10-29-14/h1-8H,9-10H2,(H,22,28)(H,25,27). The molecule has 0 bridgehead atoms. The quantitative estimate of drug-likeness (QED) is 0.444. The molecule has 2 aromatic heterocycles. The number of hydrogen-bond acceptors (Lipinski definition) is 7. The molecule has 1 aliphatic heterocycles. The van der Waals surface area contributed by atoms with Crippen LogP contribution in [0.2, 0.25) is 5.02 Å². The highest BCUT2D eigenvalue weighted by atomic mass is 35.5. The second-order valence-electron chi connectivity index (χ2n) is 6.56. The first-order valence-electron chi connectivity index (χ1n) is 9.13. The third-order valence-electron chi connectivity index (χ3n) is 4.40. The van der Waals surface area contributed by atoms with Gasteiger partial charge in [-0.3, -0.25) is 14.7 Å². The Labute approximate surface area is 184 Å². The summed E-state index contributed by atoms with van der Waals surface area (Å²) in [7, 11) is 0. The van der Waals surface area contributed by atoms with Crippen LogP contribution < -0.4 is 20.3 Å². The third kappa shape index (κ3) is 4.07. The molecule has 9 nitrogen and oxygen atoms in total. The van der Waals surface area contributed by atoms with Crippen molar-refractivity contribution in [3.05, 3.63) is 63.9 Å². The zero-order valence-electron chi connectivity index (χ0n) is 15.8. The maximum absolute atomic E-state index is 12.5. The lowest BCUT2D eigenvalue weighted by Gasteiger charge is -2.08. The minimum absolute atomic E-state index is 0.0652.